The van der Waals surface area contributed by atoms with Crippen molar-refractivity contribution in [2.75, 3.05) is 0 Å². The number of carboxylic acid groups (broad SMARTS) is 1. The fourth-order valence-corrected chi connectivity index (χ4v) is 4.97. The minimum Gasteiger partial charge on any atom is -0.508 e. The molecular weight excluding hydrogens is 574 g/mol. The van der Waals surface area contributed by atoms with E-state index >= 15 is 0 Å². The highest BCUT2D eigenvalue weighted by atomic mass is 16.4. The summed E-state index contributed by atoms with van der Waals surface area (Å²) in [6, 6.07) is 18.2. The van der Waals surface area contributed by atoms with Crippen LogP contribution in [0, 0.1) is 5.92 Å². The second-order valence-electron chi connectivity index (χ2n) is 11.4. The summed E-state index contributed by atoms with van der Waals surface area (Å²) in [5, 5.41) is 28.6. The van der Waals surface area contributed by atoms with Crippen molar-refractivity contribution in [2.45, 2.75) is 57.3 Å². The van der Waals surface area contributed by atoms with Crippen molar-refractivity contribution in [2.24, 2.45) is 11.7 Å². The Labute approximate surface area is 261 Å². The predicted molar refractivity (Wildman–Crippen MR) is 170 cm³/mol. The summed E-state index contributed by atoms with van der Waals surface area (Å²) in [7, 11) is 0. The number of benzene rings is 3. The van der Waals surface area contributed by atoms with Crippen LogP contribution < -0.4 is 21.7 Å². The van der Waals surface area contributed by atoms with Crippen LogP contribution in [0.4, 0.5) is 0 Å². The standard InChI is InChI=1S/C34H39N5O6/c1-20(2)30(35)33(43)38-27(16-22-12-14-24(40)15-13-22)31(41)37-28(18-23-19-36-26-11-7-6-10-25(23)26)32(42)39-29(34(44)45)17-21-8-4-3-5-9-21/h3-15,19-20,27-30,36,40H,16-18,35H2,1-2H3,(H,37,41)(H,38,43)(H,39,42)(H,44,45)/t27-,28-,29-,30-/m0/s1. The number of aliphatic carboxylic acids is 1. The van der Waals surface area contributed by atoms with Crippen LogP contribution in [0.3, 0.4) is 0 Å². The number of nitrogens with two attached hydrogens (primary N) is 1. The number of aromatic amines is 1. The Morgan fingerprint density at radius 1 is 0.711 bits per heavy atom. The Kier molecular flexibility index (Phi) is 10.9. The molecule has 4 atom stereocenters. The van der Waals surface area contributed by atoms with Crippen LogP contribution in [0.5, 0.6) is 5.75 Å². The Bertz CT molecular complexity index is 1620. The fourth-order valence-electron chi connectivity index (χ4n) is 4.97. The molecule has 0 saturated heterocycles. The molecule has 0 bridgehead atoms. The molecule has 11 heteroatoms. The van der Waals surface area contributed by atoms with E-state index in [1.54, 1.807) is 56.4 Å². The number of hydrogen-bond acceptors (Lipinski definition) is 6. The van der Waals surface area contributed by atoms with Gasteiger partial charge in [-0.2, -0.15) is 0 Å². The van der Waals surface area contributed by atoms with E-state index in [2.05, 4.69) is 20.9 Å². The molecule has 236 valence electrons. The normalized spacial score (nSPS) is 13.9. The average Bonchev–Trinajstić information content (AvgIpc) is 3.43. The molecule has 4 rings (SSSR count). The Balaban J connectivity index is 1.62. The Morgan fingerprint density at radius 2 is 1.24 bits per heavy atom. The van der Waals surface area contributed by atoms with Crippen molar-refractivity contribution in [1.29, 1.82) is 0 Å². The number of phenolic OH excluding ortho intramolecular Hbond substituents is 1. The Morgan fingerprint density at radius 3 is 1.89 bits per heavy atom. The molecule has 0 aliphatic rings. The zero-order chi connectivity index (χ0) is 32.5. The molecule has 0 aliphatic heterocycles. The van der Waals surface area contributed by atoms with Crippen molar-refractivity contribution in [3.05, 3.63) is 102 Å². The van der Waals surface area contributed by atoms with Crippen molar-refractivity contribution in [3.63, 3.8) is 0 Å². The van der Waals surface area contributed by atoms with E-state index in [1.807, 2.05) is 30.3 Å². The molecule has 0 unspecified atom stereocenters. The number of phenols is 1. The molecule has 0 aliphatic carbocycles. The summed E-state index contributed by atoms with van der Waals surface area (Å²) in [6.45, 7) is 3.57. The van der Waals surface area contributed by atoms with Crippen LogP contribution in [0.2, 0.25) is 0 Å². The first-order valence-corrected chi connectivity index (χ1v) is 14.8. The fraction of sp³-hybridized carbons (Fsp3) is 0.294. The zero-order valence-electron chi connectivity index (χ0n) is 25.2. The molecule has 0 fully saturated rings. The van der Waals surface area contributed by atoms with Crippen LogP contribution >= 0.6 is 0 Å². The molecule has 0 saturated carbocycles. The van der Waals surface area contributed by atoms with E-state index in [0.29, 0.717) is 5.56 Å². The van der Waals surface area contributed by atoms with Gasteiger partial charge in [0, 0.05) is 36.4 Å². The lowest BCUT2D eigenvalue weighted by Gasteiger charge is -2.26. The number of amides is 3. The number of para-hydroxylation sites is 1. The maximum absolute atomic E-state index is 13.8. The number of nitrogens with one attached hydrogen (secondary N) is 4. The molecule has 45 heavy (non-hydrogen) atoms. The predicted octanol–water partition coefficient (Wildman–Crippen LogP) is 2.42. The monoisotopic (exact) mass is 613 g/mol. The zero-order valence-corrected chi connectivity index (χ0v) is 25.2. The summed E-state index contributed by atoms with van der Waals surface area (Å²) >= 11 is 0. The van der Waals surface area contributed by atoms with Crippen LogP contribution in [0.15, 0.2) is 85.1 Å². The van der Waals surface area contributed by atoms with Gasteiger partial charge in [0.2, 0.25) is 17.7 Å². The molecule has 11 nitrogen and oxygen atoms in total. The van der Waals surface area contributed by atoms with Gasteiger partial charge < -0.3 is 36.9 Å². The molecule has 8 N–H and O–H groups in total. The SMILES string of the molecule is CC(C)[C@H](N)C(=O)N[C@@H](Cc1ccc(O)cc1)C(=O)N[C@@H](Cc1c[nH]c2ccccc12)C(=O)N[C@@H](Cc1ccccc1)C(=O)O. The number of hydrogen-bond donors (Lipinski definition) is 7. The molecule has 3 aromatic carbocycles. The maximum Gasteiger partial charge on any atom is 0.326 e. The van der Waals surface area contributed by atoms with E-state index in [1.165, 1.54) is 12.1 Å². The van der Waals surface area contributed by atoms with Crippen LogP contribution in [-0.2, 0) is 38.4 Å². The number of carbonyl (C=O) groups is 4. The summed E-state index contributed by atoms with van der Waals surface area (Å²) in [6.07, 6.45) is 1.88. The highest BCUT2D eigenvalue weighted by Gasteiger charge is 2.31. The van der Waals surface area contributed by atoms with E-state index < -0.39 is 47.9 Å². The topological polar surface area (TPSA) is 187 Å². The first-order chi connectivity index (χ1) is 21.5. The van der Waals surface area contributed by atoms with Crippen molar-refractivity contribution >= 4 is 34.6 Å². The van der Waals surface area contributed by atoms with Crippen molar-refractivity contribution < 1.29 is 29.4 Å². The third kappa shape index (κ3) is 8.93. The van der Waals surface area contributed by atoms with Gasteiger partial charge in [-0.3, -0.25) is 14.4 Å². The van der Waals surface area contributed by atoms with Gasteiger partial charge in [-0.05, 0) is 40.8 Å². The molecule has 0 radical (unpaired) electrons. The lowest BCUT2D eigenvalue weighted by molar-refractivity contribution is -0.142. The number of fused-ring (bicyclic) bond motifs is 1. The average molecular weight is 614 g/mol. The summed E-state index contributed by atoms with van der Waals surface area (Å²) in [5.41, 5.74) is 9.01. The molecule has 1 aromatic heterocycles. The molecular formula is C34H39N5O6. The molecule has 4 aromatic rings. The minimum absolute atomic E-state index is 0.0439. The smallest absolute Gasteiger partial charge is 0.326 e. The van der Waals surface area contributed by atoms with Gasteiger partial charge in [0.15, 0.2) is 0 Å². The van der Waals surface area contributed by atoms with E-state index in [4.69, 9.17) is 5.73 Å². The third-order valence-corrected chi connectivity index (χ3v) is 7.66. The first-order valence-electron chi connectivity index (χ1n) is 14.8. The maximum atomic E-state index is 13.8. The van der Waals surface area contributed by atoms with Gasteiger partial charge in [-0.15, -0.1) is 0 Å². The van der Waals surface area contributed by atoms with Gasteiger partial charge in [0.25, 0.3) is 0 Å². The number of aromatic hydroxyl groups is 1. The van der Waals surface area contributed by atoms with Crippen molar-refractivity contribution in [1.82, 2.24) is 20.9 Å². The van der Waals surface area contributed by atoms with Gasteiger partial charge in [0.05, 0.1) is 6.04 Å². The number of rotatable bonds is 14. The van der Waals surface area contributed by atoms with E-state index in [-0.39, 0.29) is 30.9 Å². The van der Waals surface area contributed by atoms with Crippen LogP contribution in [0.25, 0.3) is 10.9 Å². The van der Waals surface area contributed by atoms with Crippen LogP contribution in [-0.4, -0.2) is 63.1 Å². The highest BCUT2D eigenvalue weighted by molar-refractivity contribution is 5.95. The summed E-state index contributed by atoms with van der Waals surface area (Å²) in [5.74, 6) is -3.24. The lowest BCUT2D eigenvalue weighted by Crippen LogP contribution is -2.58. The van der Waals surface area contributed by atoms with E-state index in [0.717, 1.165) is 22.0 Å². The number of H-pyrrole nitrogens is 1. The van der Waals surface area contributed by atoms with Gasteiger partial charge in [-0.25, -0.2) is 4.79 Å². The third-order valence-electron chi connectivity index (χ3n) is 7.66. The number of aromatic nitrogens is 1. The van der Waals surface area contributed by atoms with Crippen LogP contribution in [0.1, 0.15) is 30.5 Å². The van der Waals surface area contributed by atoms with E-state index in [9.17, 15) is 29.4 Å². The molecule has 1 heterocycles. The largest absolute Gasteiger partial charge is 0.508 e. The lowest BCUT2D eigenvalue weighted by atomic mass is 10.00. The molecule has 3 amide bonds. The minimum atomic E-state index is -1.25. The van der Waals surface area contributed by atoms with Gasteiger partial charge >= 0.3 is 5.97 Å². The molecule has 0 spiro atoms. The second kappa shape index (κ2) is 15.0. The van der Waals surface area contributed by atoms with Crippen molar-refractivity contribution in [3.8, 4) is 5.75 Å². The van der Waals surface area contributed by atoms with Gasteiger partial charge in [-0.1, -0.05) is 74.5 Å². The highest BCUT2D eigenvalue weighted by Crippen LogP contribution is 2.20. The number of carboxylic acids is 1. The first kappa shape index (κ1) is 32.7. The summed E-state index contributed by atoms with van der Waals surface area (Å²) in [4.78, 5) is 55.9. The summed E-state index contributed by atoms with van der Waals surface area (Å²) < 4.78 is 0. The van der Waals surface area contributed by atoms with Gasteiger partial charge in [0.1, 0.15) is 23.9 Å². The quantitative estimate of drug-likeness (QED) is 0.114. The second-order valence-corrected chi connectivity index (χ2v) is 11.4. The Hall–Kier alpha value is -5.16. The number of carbonyl (C=O) groups excluding carboxylic acids is 3.